The summed E-state index contributed by atoms with van der Waals surface area (Å²) in [5.41, 5.74) is 0. The number of hydrogen-bond acceptors (Lipinski definition) is 4. The lowest BCUT2D eigenvalue weighted by Gasteiger charge is -2.15. The number of alkyl halides is 3. The van der Waals surface area contributed by atoms with E-state index in [-0.39, 0.29) is 0 Å². The fraction of sp³-hybridized carbons (Fsp3) is 0.800. The van der Waals surface area contributed by atoms with Crippen LogP contribution in [-0.2, 0) is 6.18 Å². The summed E-state index contributed by atoms with van der Waals surface area (Å²) < 4.78 is 37.1. The zero-order valence-electron chi connectivity index (χ0n) is 9.00. The number of rotatable bonds is 4. The zero-order valence-corrected chi connectivity index (χ0v) is 9.81. The molecule has 7 heteroatoms. The van der Waals surface area contributed by atoms with Crippen LogP contribution in [0.5, 0.6) is 0 Å². The van der Waals surface area contributed by atoms with Crippen LogP contribution in [0.2, 0.25) is 0 Å². The van der Waals surface area contributed by atoms with Gasteiger partial charge in [0.1, 0.15) is 0 Å². The van der Waals surface area contributed by atoms with Gasteiger partial charge >= 0.3 is 6.18 Å². The van der Waals surface area contributed by atoms with Crippen molar-refractivity contribution in [2.75, 3.05) is 5.32 Å². The monoisotopic (exact) mass is 263 g/mol. The average Bonchev–Trinajstić information content (AvgIpc) is 3.14. The normalized spacial score (nSPS) is 20.9. The number of aromatic nitrogens is 2. The van der Waals surface area contributed by atoms with E-state index < -0.39 is 11.2 Å². The third kappa shape index (κ3) is 2.53. The number of nitrogens with zero attached hydrogens (tertiary/aromatic N) is 2. The van der Waals surface area contributed by atoms with Crippen molar-refractivity contribution in [3.8, 4) is 0 Å². The third-order valence-corrected chi connectivity index (χ3v) is 4.12. The van der Waals surface area contributed by atoms with Gasteiger partial charge < -0.3 is 5.32 Å². The Balaban J connectivity index is 1.69. The first-order chi connectivity index (χ1) is 8.04. The van der Waals surface area contributed by atoms with Crippen LogP contribution < -0.4 is 5.32 Å². The van der Waals surface area contributed by atoms with Gasteiger partial charge in [0.25, 0.3) is 0 Å². The summed E-state index contributed by atoms with van der Waals surface area (Å²) in [6.07, 6.45) is 0.336. The largest absolute Gasteiger partial charge is 0.445 e. The van der Waals surface area contributed by atoms with E-state index in [1.165, 1.54) is 25.7 Å². The second kappa shape index (κ2) is 3.83. The molecule has 0 spiro atoms. The fourth-order valence-corrected chi connectivity index (χ4v) is 2.73. The Hall–Kier alpha value is -0.850. The lowest BCUT2D eigenvalue weighted by molar-refractivity contribution is -0.138. The molecule has 3 nitrogen and oxygen atoms in total. The van der Waals surface area contributed by atoms with Crippen LogP contribution in [0.4, 0.5) is 18.3 Å². The van der Waals surface area contributed by atoms with Crippen molar-refractivity contribution in [3.63, 3.8) is 0 Å². The first kappa shape index (κ1) is 11.3. The highest BCUT2D eigenvalue weighted by Gasteiger charge is 2.42. The van der Waals surface area contributed by atoms with Gasteiger partial charge in [0.05, 0.1) is 0 Å². The van der Waals surface area contributed by atoms with Crippen LogP contribution in [0, 0.1) is 11.8 Å². The predicted molar refractivity (Wildman–Crippen MR) is 57.8 cm³/mol. The zero-order chi connectivity index (χ0) is 12.0. The second-order valence-electron chi connectivity index (χ2n) is 4.76. The van der Waals surface area contributed by atoms with Gasteiger partial charge in [-0.25, -0.2) is 0 Å². The highest BCUT2D eigenvalue weighted by atomic mass is 32.1. The van der Waals surface area contributed by atoms with Crippen molar-refractivity contribution in [2.24, 2.45) is 11.8 Å². The SMILES string of the molecule is FC(F)(F)c1nnc(NC(C2CC2)C2CC2)s1. The Bertz CT molecular complexity index is 397. The van der Waals surface area contributed by atoms with Gasteiger partial charge in [-0.1, -0.05) is 11.3 Å². The molecule has 0 aromatic carbocycles. The quantitative estimate of drug-likeness (QED) is 0.906. The summed E-state index contributed by atoms with van der Waals surface area (Å²) >= 11 is 0.600. The summed E-state index contributed by atoms with van der Waals surface area (Å²) in [7, 11) is 0. The standard InChI is InChI=1S/C10H12F3N3S/c11-10(12,13)8-15-16-9(17-8)14-7(5-1-2-5)6-3-4-6/h5-7H,1-4H2,(H,14,16). The third-order valence-electron chi connectivity index (χ3n) is 3.22. The minimum Gasteiger partial charge on any atom is -0.357 e. The molecule has 0 saturated heterocycles. The Kier molecular flexibility index (Phi) is 2.53. The minimum absolute atomic E-state index is 0.307. The summed E-state index contributed by atoms with van der Waals surface area (Å²) in [4.78, 5) is 0. The molecule has 0 bridgehead atoms. The second-order valence-corrected chi connectivity index (χ2v) is 5.73. The first-order valence-electron chi connectivity index (χ1n) is 5.71. The molecular weight excluding hydrogens is 251 g/mol. The van der Waals surface area contributed by atoms with Crippen molar-refractivity contribution < 1.29 is 13.2 Å². The lowest BCUT2D eigenvalue weighted by Crippen LogP contribution is -2.24. The molecule has 1 aromatic heterocycles. The van der Waals surface area contributed by atoms with E-state index in [9.17, 15) is 13.2 Å². The van der Waals surface area contributed by atoms with E-state index in [4.69, 9.17) is 0 Å². The molecule has 0 radical (unpaired) electrons. The van der Waals surface area contributed by atoms with Gasteiger partial charge in [-0.3, -0.25) is 0 Å². The van der Waals surface area contributed by atoms with Gasteiger partial charge in [0.2, 0.25) is 10.1 Å². The molecule has 2 aliphatic carbocycles. The molecule has 0 unspecified atom stereocenters. The lowest BCUT2D eigenvalue weighted by atomic mass is 10.1. The van der Waals surface area contributed by atoms with Gasteiger partial charge in [-0.15, -0.1) is 10.2 Å². The van der Waals surface area contributed by atoms with E-state index in [1.54, 1.807) is 0 Å². The average molecular weight is 263 g/mol. The molecule has 1 heterocycles. The molecule has 2 saturated carbocycles. The number of hydrogen-bond donors (Lipinski definition) is 1. The Morgan fingerprint density at radius 1 is 1.12 bits per heavy atom. The van der Waals surface area contributed by atoms with Crippen molar-refractivity contribution in [3.05, 3.63) is 5.01 Å². The van der Waals surface area contributed by atoms with Crippen molar-refractivity contribution in [1.82, 2.24) is 10.2 Å². The summed E-state index contributed by atoms with van der Waals surface area (Å²) in [6, 6.07) is 0.309. The minimum atomic E-state index is -4.38. The van der Waals surface area contributed by atoms with Crippen molar-refractivity contribution in [1.29, 1.82) is 0 Å². The van der Waals surface area contributed by atoms with Gasteiger partial charge in [-0.2, -0.15) is 13.2 Å². The molecule has 94 valence electrons. The first-order valence-corrected chi connectivity index (χ1v) is 6.53. The van der Waals surface area contributed by atoms with Crippen LogP contribution in [0.1, 0.15) is 30.7 Å². The van der Waals surface area contributed by atoms with Crippen LogP contribution in [0.15, 0.2) is 0 Å². The Morgan fingerprint density at radius 3 is 2.12 bits per heavy atom. The highest BCUT2D eigenvalue weighted by Crippen LogP contribution is 2.46. The molecule has 2 fully saturated rings. The van der Waals surface area contributed by atoms with Crippen LogP contribution >= 0.6 is 11.3 Å². The van der Waals surface area contributed by atoms with Crippen LogP contribution in [0.3, 0.4) is 0 Å². The smallest absolute Gasteiger partial charge is 0.357 e. The van der Waals surface area contributed by atoms with E-state index >= 15 is 0 Å². The van der Waals surface area contributed by atoms with E-state index in [0.29, 0.717) is 34.3 Å². The number of nitrogens with one attached hydrogen (secondary N) is 1. The summed E-state index contributed by atoms with van der Waals surface area (Å²) in [5.74, 6) is 1.25. The molecular formula is C10H12F3N3S. The van der Waals surface area contributed by atoms with Gasteiger partial charge in [0.15, 0.2) is 0 Å². The van der Waals surface area contributed by atoms with E-state index in [2.05, 4.69) is 15.5 Å². The Morgan fingerprint density at radius 2 is 1.71 bits per heavy atom. The van der Waals surface area contributed by atoms with Crippen molar-refractivity contribution >= 4 is 16.5 Å². The summed E-state index contributed by atoms with van der Waals surface area (Å²) in [5, 5.41) is 9.34. The molecule has 1 aromatic rings. The van der Waals surface area contributed by atoms with Crippen LogP contribution in [-0.4, -0.2) is 16.2 Å². The van der Waals surface area contributed by atoms with Crippen LogP contribution in [0.25, 0.3) is 0 Å². The molecule has 0 amide bonds. The van der Waals surface area contributed by atoms with Crippen molar-refractivity contribution in [2.45, 2.75) is 37.9 Å². The molecule has 0 aliphatic heterocycles. The molecule has 3 rings (SSSR count). The van der Waals surface area contributed by atoms with Gasteiger partial charge in [0, 0.05) is 6.04 Å². The predicted octanol–water partition coefficient (Wildman–Crippen LogP) is 3.16. The maximum atomic E-state index is 12.4. The summed E-state index contributed by atoms with van der Waals surface area (Å²) in [6.45, 7) is 0. The molecule has 1 N–H and O–H groups in total. The fourth-order valence-electron chi connectivity index (χ4n) is 2.07. The maximum absolute atomic E-state index is 12.4. The highest BCUT2D eigenvalue weighted by molar-refractivity contribution is 7.15. The van der Waals surface area contributed by atoms with E-state index in [0.717, 1.165) is 0 Å². The number of halogens is 3. The Labute approximate surface area is 100 Å². The van der Waals surface area contributed by atoms with E-state index in [1.807, 2.05) is 0 Å². The molecule has 2 aliphatic rings. The molecule has 17 heavy (non-hydrogen) atoms. The molecule has 0 atom stereocenters. The number of anilines is 1. The maximum Gasteiger partial charge on any atom is 0.445 e. The van der Waals surface area contributed by atoms with Gasteiger partial charge in [-0.05, 0) is 37.5 Å². The topological polar surface area (TPSA) is 37.8 Å².